The maximum absolute atomic E-state index is 12.1. The molecule has 1 aliphatic heterocycles. The molecule has 1 amide bonds. The van der Waals surface area contributed by atoms with E-state index in [-0.39, 0.29) is 25.3 Å². The van der Waals surface area contributed by atoms with Crippen LogP contribution in [0.1, 0.15) is 12.8 Å². The van der Waals surface area contributed by atoms with Crippen molar-refractivity contribution in [3.8, 4) is 0 Å². The molecule has 8 nitrogen and oxygen atoms in total. The standard InChI is InChI=1S/C11H16N4O4/c1-19-11(18)9-6-8(16)7-15(9)10(17)2-4-14-5-3-12-13-14/h3,5,8-9,16H,2,4,6-7H2,1H3. The Labute approximate surface area is 109 Å². The number of aryl methyl sites for hydroxylation is 1. The van der Waals surface area contributed by atoms with Gasteiger partial charge in [0.2, 0.25) is 5.91 Å². The lowest BCUT2D eigenvalue weighted by Crippen LogP contribution is -2.41. The van der Waals surface area contributed by atoms with Gasteiger partial charge in [0.25, 0.3) is 0 Å². The molecule has 1 aromatic rings. The molecule has 104 valence electrons. The molecule has 1 N–H and O–H groups in total. The first-order valence-electron chi connectivity index (χ1n) is 6.01. The third kappa shape index (κ3) is 3.08. The van der Waals surface area contributed by atoms with E-state index in [1.807, 2.05) is 0 Å². The minimum atomic E-state index is -0.691. The fourth-order valence-corrected chi connectivity index (χ4v) is 2.15. The molecule has 0 aliphatic carbocycles. The Morgan fingerprint density at radius 3 is 2.95 bits per heavy atom. The van der Waals surface area contributed by atoms with Crippen molar-refractivity contribution in [1.82, 2.24) is 19.9 Å². The van der Waals surface area contributed by atoms with Crippen LogP contribution in [0.5, 0.6) is 0 Å². The largest absolute Gasteiger partial charge is 0.467 e. The summed E-state index contributed by atoms with van der Waals surface area (Å²) in [5, 5.41) is 17.0. The highest BCUT2D eigenvalue weighted by molar-refractivity contribution is 5.85. The normalized spacial score (nSPS) is 22.5. The van der Waals surface area contributed by atoms with Crippen molar-refractivity contribution in [1.29, 1.82) is 0 Å². The second-order valence-electron chi connectivity index (χ2n) is 4.39. The molecule has 1 fully saturated rings. The average molecular weight is 268 g/mol. The fraction of sp³-hybridized carbons (Fsp3) is 0.636. The monoisotopic (exact) mass is 268 g/mol. The van der Waals surface area contributed by atoms with E-state index in [0.29, 0.717) is 6.54 Å². The second kappa shape index (κ2) is 5.79. The maximum atomic E-state index is 12.1. The summed E-state index contributed by atoms with van der Waals surface area (Å²) in [6, 6.07) is -0.691. The van der Waals surface area contributed by atoms with Gasteiger partial charge in [0.05, 0.1) is 26.0 Å². The van der Waals surface area contributed by atoms with Gasteiger partial charge in [-0.1, -0.05) is 5.21 Å². The van der Waals surface area contributed by atoms with E-state index in [1.54, 1.807) is 6.20 Å². The predicted octanol–water partition coefficient (Wildman–Crippen LogP) is -1.20. The number of β-amino-alcohol motifs (C(OH)–C–C–N with tert-alkyl or cyclic N) is 1. The predicted molar refractivity (Wildman–Crippen MR) is 62.8 cm³/mol. The van der Waals surface area contributed by atoms with Crippen LogP contribution in [0.2, 0.25) is 0 Å². The minimum absolute atomic E-state index is 0.163. The summed E-state index contributed by atoms with van der Waals surface area (Å²) >= 11 is 0. The molecule has 2 atom stereocenters. The highest BCUT2D eigenvalue weighted by atomic mass is 16.5. The van der Waals surface area contributed by atoms with Crippen LogP contribution >= 0.6 is 0 Å². The highest BCUT2D eigenvalue weighted by Crippen LogP contribution is 2.20. The number of amides is 1. The van der Waals surface area contributed by atoms with Gasteiger partial charge in [-0.3, -0.25) is 9.48 Å². The van der Waals surface area contributed by atoms with Gasteiger partial charge in [-0.25, -0.2) is 4.79 Å². The van der Waals surface area contributed by atoms with Crippen molar-refractivity contribution in [3.63, 3.8) is 0 Å². The zero-order chi connectivity index (χ0) is 13.8. The number of aliphatic hydroxyl groups is 1. The van der Waals surface area contributed by atoms with Gasteiger partial charge in [0.15, 0.2) is 0 Å². The van der Waals surface area contributed by atoms with Gasteiger partial charge in [-0.15, -0.1) is 5.10 Å². The molecule has 0 bridgehead atoms. The van der Waals surface area contributed by atoms with Crippen LogP contribution in [-0.4, -0.2) is 62.7 Å². The van der Waals surface area contributed by atoms with E-state index < -0.39 is 18.1 Å². The molecule has 2 heterocycles. The van der Waals surface area contributed by atoms with Gasteiger partial charge >= 0.3 is 5.97 Å². The first-order valence-corrected chi connectivity index (χ1v) is 6.01. The van der Waals surface area contributed by atoms with Crippen molar-refractivity contribution >= 4 is 11.9 Å². The number of hydrogen-bond donors (Lipinski definition) is 1. The number of carbonyl (C=O) groups is 2. The van der Waals surface area contributed by atoms with Gasteiger partial charge in [0, 0.05) is 25.6 Å². The van der Waals surface area contributed by atoms with E-state index in [1.165, 1.54) is 22.9 Å². The van der Waals surface area contributed by atoms with E-state index >= 15 is 0 Å². The van der Waals surface area contributed by atoms with Crippen molar-refractivity contribution < 1.29 is 19.4 Å². The van der Waals surface area contributed by atoms with Gasteiger partial charge in [-0.2, -0.15) is 0 Å². The quantitative estimate of drug-likeness (QED) is 0.689. The molecule has 1 saturated heterocycles. The molecule has 0 saturated carbocycles. The molecule has 2 unspecified atom stereocenters. The number of nitrogens with zero attached hydrogens (tertiary/aromatic N) is 4. The number of aliphatic hydroxyl groups excluding tert-OH is 1. The summed E-state index contributed by atoms with van der Waals surface area (Å²) in [5.41, 5.74) is 0. The van der Waals surface area contributed by atoms with Gasteiger partial charge in [-0.05, 0) is 0 Å². The summed E-state index contributed by atoms with van der Waals surface area (Å²) < 4.78 is 6.18. The molecular weight excluding hydrogens is 252 g/mol. The molecule has 1 aliphatic rings. The van der Waals surface area contributed by atoms with Gasteiger partial charge < -0.3 is 14.7 Å². The lowest BCUT2D eigenvalue weighted by atomic mass is 10.2. The molecular formula is C11H16N4O4. The van der Waals surface area contributed by atoms with Crippen molar-refractivity contribution in [2.45, 2.75) is 31.5 Å². The van der Waals surface area contributed by atoms with Crippen LogP contribution in [0.3, 0.4) is 0 Å². The smallest absolute Gasteiger partial charge is 0.328 e. The summed E-state index contributed by atoms with van der Waals surface area (Å²) in [5.74, 6) is -0.701. The van der Waals surface area contributed by atoms with E-state index in [9.17, 15) is 14.7 Å². The van der Waals surface area contributed by atoms with Gasteiger partial charge in [0.1, 0.15) is 6.04 Å². The lowest BCUT2D eigenvalue weighted by Gasteiger charge is -2.22. The van der Waals surface area contributed by atoms with Crippen LogP contribution in [-0.2, 0) is 20.9 Å². The van der Waals surface area contributed by atoms with Crippen molar-refractivity contribution in [3.05, 3.63) is 12.4 Å². The minimum Gasteiger partial charge on any atom is -0.467 e. The molecule has 1 aromatic heterocycles. The Balaban J connectivity index is 1.94. The average Bonchev–Trinajstić information content (AvgIpc) is 3.04. The number of likely N-dealkylation sites (tertiary alicyclic amines) is 1. The van der Waals surface area contributed by atoms with Crippen LogP contribution < -0.4 is 0 Å². The summed E-state index contributed by atoms with van der Waals surface area (Å²) in [6.45, 7) is 0.551. The Morgan fingerprint density at radius 2 is 2.32 bits per heavy atom. The number of rotatable bonds is 4. The third-order valence-corrected chi connectivity index (χ3v) is 3.10. The van der Waals surface area contributed by atoms with Crippen LogP contribution in [0.4, 0.5) is 0 Å². The van der Waals surface area contributed by atoms with Crippen molar-refractivity contribution in [2.75, 3.05) is 13.7 Å². The van der Waals surface area contributed by atoms with E-state index in [4.69, 9.17) is 0 Å². The van der Waals surface area contributed by atoms with E-state index in [0.717, 1.165) is 0 Å². The summed E-state index contributed by atoms with van der Waals surface area (Å²) in [4.78, 5) is 25.0. The lowest BCUT2D eigenvalue weighted by molar-refractivity contribution is -0.151. The number of methoxy groups -OCH3 is 1. The van der Waals surface area contributed by atoms with Crippen LogP contribution in [0.25, 0.3) is 0 Å². The second-order valence-corrected chi connectivity index (χ2v) is 4.39. The highest BCUT2D eigenvalue weighted by Gasteiger charge is 2.39. The topological polar surface area (TPSA) is 97.6 Å². The number of carbonyl (C=O) groups excluding carboxylic acids is 2. The molecule has 8 heteroatoms. The Hall–Kier alpha value is -1.96. The first-order chi connectivity index (χ1) is 9.11. The SMILES string of the molecule is COC(=O)C1CC(O)CN1C(=O)CCn1ccnn1. The van der Waals surface area contributed by atoms with Crippen molar-refractivity contribution in [2.24, 2.45) is 0 Å². The fourth-order valence-electron chi connectivity index (χ4n) is 2.15. The molecule has 19 heavy (non-hydrogen) atoms. The Kier molecular flexibility index (Phi) is 4.10. The number of aromatic nitrogens is 3. The van der Waals surface area contributed by atoms with E-state index in [2.05, 4.69) is 15.0 Å². The number of ether oxygens (including phenoxy) is 1. The molecule has 0 aromatic carbocycles. The number of esters is 1. The zero-order valence-electron chi connectivity index (χ0n) is 10.6. The first kappa shape index (κ1) is 13.5. The number of hydrogen-bond acceptors (Lipinski definition) is 6. The Morgan fingerprint density at radius 1 is 1.53 bits per heavy atom. The molecule has 0 spiro atoms. The van der Waals surface area contributed by atoms with Crippen LogP contribution in [0.15, 0.2) is 12.4 Å². The summed E-state index contributed by atoms with van der Waals surface area (Å²) in [7, 11) is 1.27. The van der Waals surface area contributed by atoms with Crippen LogP contribution in [0, 0.1) is 0 Å². The third-order valence-electron chi connectivity index (χ3n) is 3.10. The molecule has 2 rings (SSSR count). The molecule has 0 radical (unpaired) electrons. The Bertz CT molecular complexity index is 448. The summed E-state index contributed by atoms with van der Waals surface area (Å²) in [6.07, 6.45) is 2.93. The zero-order valence-corrected chi connectivity index (χ0v) is 10.6. The maximum Gasteiger partial charge on any atom is 0.328 e.